The molecule has 3 N–H and O–H groups in total. The molecule has 0 spiro atoms. The monoisotopic (exact) mass is 473 g/mol. The summed E-state index contributed by atoms with van der Waals surface area (Å²) in [4.78, 5) is 32.7. The first-order chi connectivity index (χ1) is 17.1. The van der Waals surface area contributed by atoms with Crippen molar-refractivity contribution in [2.75, 3.05) is 37.3 Å². The first kappa shape index (κ1) is 22.6. The number of carbonyl (C=O) groups is 1. The van der Waals surface area contributed by atoms with E-state index in [1.165, 1.54) is 6.20 Å². The van der Waals surface area contributed by atoms with Crippen LogP contribution in [-0.4, -0.2) is 62.7 Å². The van der Waals surface area contributed by atoms with Crippen LogP contribution in [0.3, 0.4) is 0 Å². The topological polar surface area (TPSA) is 132 Å². The first-order valence-electron chi connectivity index (χ1n) is 11.7. The van der Waals surface area contributed by atoms with Crippen LogP contribution in [0.15, 0.2) is 41.5 Å². The minimum Gasteiger partial charge on any atom is -0.373 e. The van der Waals surface area contributed by atoms with E-state index >= 15 is 0 Å². The lowest BCUT2D eigenvalue weighted by atomic mass is 10.2. The van der Waals surface area contributed by atoms with Crippen molar-refractivity contribution in [3.63, 3.8) is 0 Å². The second-order valence-electron chi connectivity index (χ2n) is 8.69. The summed E-state index contributed by atoms with van der Waals surface area (Å²) in [6.45, 7) is 2.24. The second-order valence-corrected chi connectivity index (χ2v) is 8.69. The number of anilines is 3. The molecule has 0 saturated heterocycles. The maximum absolute atomic E-state index is 13.3. The van der Waals surface area contributed by atoms with E-state index < -0.39 is 0 Å². The number of carbonyl (C=O) groups excluding carboxylic acids is 1. The molecule has 0 bridgehead atoms. The van der Waals surface area contributed by atoms with E-state index in [0.29, 0.717) is 41.5 Å². The summed E-state index contributed by atoms with van der Waals surface area (Å²) in [5.74, 6) is 0.856. The summed E-state index contributed by atoms with van der Waals surface area (Å²) in [5.41, 5.74) is 1.91. The number of aromatic nitrogens is 4. The van der Waals surface area contributed by atoms with Gasteiger partial charge in [0.1, 0.15) is 22.9 Å². The fraction of sp³-hybridized carbons (Fsp3) is 0.375. The molecule has 11 heteroatoms. The molecule has 0 unspecified atom stereocenters. The number of pyridine rings is 1. The van der Waals surface area contributed by atoms with Gasteiger partial charge in [-0.25, -0.2) is 4.98 Å². The molecule has 3 aromatic rings. The molecule has 0 radical (unpaired) electrons. The lowest BCUT2D eigenvalue weighted by molar-refractivity contribution is 0.0952. The highest BCUT2D eigenvalue weighted by molar-refractivity contribution is 6.00. The smallest absolute Gasteiger partial charge is 0.278 e. The molecule has 1 fully saturated rings. The molecule has 1 amide bonds. The van der Waals surface area contributed by atoms with E-state index in [2.05, 4.69) is 37.0 Å². The number of hydrogen-bond acceptors (Lipinski definition) is 8. The average Bonchev–Trinajstić information content (AvgIpc) is 3.58. The fourth-order valence-electron chi connectivity index (χ4n) is 4.14. The van der Waals surface area contributed by atoms with Gasteiger partial charge in [0.2, 0.25) is 0 Å². The summed E-state index contributed by atoms with van der Waals surface area (Å²) in [6, 6.07) is 7.66. The SMILES string of the molecule is CNc1cc(Nc2cccn(C3=CCN(CCC#N)CC3)c2=O)nc2c(C(=O)NC3CC3)cnn12. The minimum atomic E-state index is -0.204. The van der Waals surface area contributed by atoms with Crippen molar-refractivity contribution in [1.82, 2.24) is 29.4 Å². The Kier molecular flexibility index (Phi) is 6.20. The second kappa shape index (κ2) is 9.60. The zero-order chi connectivity index (χ0) is 24.4. The third kappa shape index (κ3) is 4.74. The lowest BCUT2D eigenvalue weighted by Crippen LogP contribution is -2.32. The van der Waals surface area contributed by atoms with Crippen LogP contribution in [0.5, 0.6) is 0 Å². The summed E-state index contributed by atoms with van der Waals surface area (Å²) in [5, 5.41) is 22.3. The Morgan fingerprint density at radius 2 is 2.20 bits per heavy atom. The van der Waals surface area contributed by atoms with Gasteiger partial charge in [0.25, 0.3) is 11.5 Å². The summed E-state index contributed by atoms with van der Waals surface area (Å²) in [6.07, 6.45) is 8.50. The molecule has 4 heterocycles. The van der Waals surface area contributed by atoms with Crippen LogP contribution in [0.1, 0.15) is 36.0 Å². The van der Waals surface area contributed by atoms with E-state index in [4.69, 9.17) is 5.26 Å². The molecule has 11 nitrogen and oxygen atoms in total. The highest BCUT2D eigenvalue weighted by Crippen LogP contribution is 2.23. The van der Waals surface area contributed by atoms with Crippen molar-refractivity contribution in [1.29, 1.82) is 5.26 Å². The first-order valence-corrected chi connectivity index (χ1v) is 11.7. The van der Waals surface area contributed by atoms with Crippen LogP contribution in [-0.2, 0) is 0 Å². The number of hydrogen-bond donors (Lipinski definition) is 3. The van der Waals surface area contributed by atoms with Crippen molar-refractivity contribution in [2.45, 2.75) is 31.7 Å². The number of amides is 1. The van der Waals surface area contributed by atoms with Gasteiger partial charge in [-0.3, -0.25) is 19.1 Å². The Morgan fingerprint density at radius 1 is 1.34 bits per heavy atom. The Balaban J connectivity index is 1.42. The summed E-state index contributed by atoms with van der Waals surface area (Å²) >= 11 is 0. The van der Waals surface area contributed by atoms with Crippen LogP contribution in [0.4, 0.5) is 17.3 Å². The van der Waals surface area contributed by atoms with Crippen molar-refractivity contribution < 1.29 is 4.79 Å². The molecule has 5 rings (SSSR count). The third-order valence-corrected chi connectivity index (χ3v) is 6.21. The average molecular weight is 474 g/mol. The van der Waals surface area contributed by atoms with Gasteiger partial charge in [-0.1, -0.05) is 6.08 Å². The van der Waals surface area contributed by atoms with E-state index in [1.54, 1.807) is 34.5 Å². The van der Waals surface area contributed by atoms with E-state index in [-0.39, 0.29) is 17.5 Å². The Labute approximate surface area is 202 Å². The molecule has 0 atom stereocenters. The number of nitriles is 1. The minimum absolute atomic E-state index is 0.183. The van der Waals surface area contributed by atoms with Crippen LogP contribution < -0.4 is 21.5 Å². The van der Waals surface area contributed by atoms with Gasteiger partial charge in [0, 0.05) is 63.5 Å². The van der Waals surface area contributed by atoms with Gasteiger partial charge >= 0.3 is 0 Å². The van der Waals surface area contributed by atoms with Gasteiger partial charge in [-0.05, 0) is 25.0 Å². The summed E-state index contributed by atoms with van der Waals surface area (Å²) < 4.78 is 3.22. The van der Waals surface area contributed by atoms with Gasteiger partial charge in [-0.2, -0.15) is 14.9 Å². The predicted octanol–water partition coefficient (Wildman–Crippen LogP) is 2.03. The third-order valence-electron chi connectivity index (χ3n) is 6.21. The van der Waals surface area contributed by atoms with E-state index in [9.17, 15) is 9.59 Å². The lowest BCUT2D eigenvalue weighted by Gasteiger charge is -2.26. The molecule has 1 aliphatic heterocycles. The Hall–Kier alpha value is -4.17. The normalized spacial score (nSPS) is 15.9. The summed E-state index contributed by atoms with van der Waals surface area (Å²) in [7, 11) is 1.76. The molecule has 1 saturated carbocycles. The quantitative estimate of drug-likeness (QED) is 0.453. The van der Waals surface area contributed by atoms with Crippen molar-refractivity contribution in [3.8, 4) is 6.07 Å². The molecule has 35 heavy (non-hydrogen) atoms. The van der Waals surface area contributed by atoms with Crippen molar-refractivity contribution >= 4 is 34.6 Å². The highest BCUT2D eigenvalue weighted by atomic mass is 16.2. The van der Waals surface area contributed by atoms with Crippen molar-refractivity contribution in [2.24, 2.45) is 0 Å². The molecule has 2 aliphatic rings. The largest absolute Gasteiger partial charge is 0.373 e. The molecule has 0 aromatic carbocycles. The van der Waals surface area contributed by atoms with Crippen LogP contribution >= 0.6 is 0 Å². The Morgan fingerprint density at radius 3 is 2.91 bits per heavy atom. The molecule has 3 aromatic heterocycles. The van der Waals surface area contributed by atoms with Crippen LogP contribution in [0, 0.1) is 11.3 Å². The van der Waals surface area contributed by atoms with Crippen LogP contribution in [0.2, 0.25) is 0 Å². The molecular formula is C24H27N9O2. The van der Waals surface area contributed by atoms with E-state index in [0.717, 1.165) is 38.0 Å². The fourth-order valence-corrected chi connectivity index (χ4v) is 4.14. The zero-order valence-corrected chi connectivity index (χ0v) is 19.5. The number of nitrogens with one attached hydrogen (secondary N) is 3. The van der Waals surface area contributed by atoms with E-state index in [1.807, 2.05) is 12.1 Å². The maximum atomic E-state index is 13.3. The standard InChI is InChI=1S/C24H27N9O2/c1-26-21-14-20(30-22-18(15-27-33(21)22)23(34)28-16-5-6-16)29-19-4-2-11-32(24(19)35)17-7-12-31(13-8-17)10-3-9-25/h2,4,7,11,14-16,26H,3,5-6,8,10,12-13H2,1H3,(H,28,34)(H,29,30). The zero-order valence-electron chi connectivity index (χ0n) is 19.5. The van der Waals surface area contributed by atoms with Crippen molar-refractivity contribution in [3.05, 3.63) is 52.6 Å². The molecular weight excluding hydrogens is 446 g/mol. The predicted molar refractivity (Wildman–Crippen MR) is 133 cm³/mol. The highest BCUT2D eigenvalue weighted by Gasteiger charge is 2.26. The number of rotatable bonds is 8. The van der Waals surface area contributed by atoms with Gasteiger partial charge in [0.05, 0.1) is 12.3 Å². The Bertz CT molecular complexity index is 1390. The van der Waals surface area contributed by atoms with Gasteiger partial charge in [-0.15, -0.1) is 0 Å². The van der Waals surface area contributed by atoms with Gasteiger partial charge in [0.15, 0.2) is 5.65 Å². The molecule has 180 valence electrons. The number of nitrogens with zero attached hydrogens (tertiary/aromatic N) is 6. The van der Waals surface area contributed by atoms with Gasteiger partial charge < -0.3 is 16.0 Å². The van der Waals surface area contributed by atoms with Crippen LogP contribution in [0.25, 0.3) is 11.3 Å². The number of fused-ring (bicyclic) bond motifs is 1. The maximum Gasteiger partial charge on any atom is 0.278 e. The molecule has 1 aliphatic carbocycles.